The second-order valence-electron chi connectivity index (χ2n) is 2.54. The molecule has 0 radical (unpaired) electrons. The summed E-state index contributed by atoms with van der Waals surface area (Å²) in [6.07, 6.45) is 1.72. The minimum atomic E-state index is -1.23. The lowest BCUT2D eigenvalue weighted by molar-refractivity contribution is 0.420. The summed E-state index contributed by atoms with van der Waals surface area (Å²) in [7, 11) is 0. The number of nitrogens with zero attached hydrogens (tertiary/aromatic N) is 3. The second kappa shape index (κ2) is 4.16. The Morgan fingerprint density at radius 3 is 2.17 bits per heavy atom. The van der Waals surface area contributed by atoms with E-state index in [1.165, 1.54) is 6.08 Å². The fourth-order valence-corrected chi connectivity index (χ4v) is 0.825. The maximum Gasteiger partial charge on any atom is 0.162 e. The molecule has 3 nitrogen and oxygen atoms in total. The summed E-state index contributed by atoms with van der Waals surface area (Å²) >= 11 is 0. The standard InChI is InChI=1S/C9H9N3/c1-3-4-9(6-11,7-12)8(2)5-10/h3,8H,1,4H2,2H3. The van der Waals surface area contributed by atoms with E-state index in [-0.39, 0.29) is 6.42 Å². The van der Waals surface area contributed by atoms with Gasteiger partial charge in [0.2, 0.25) is 0 Å². The van der Waals surface area contributed by atoms with Crippen LogP contribution in [0.5, 0.6) is 0 Å². The molecular weight excluding hydrogens is 150 g/mol. The van der Waals surface area contributed by atoms with E-state index in [1.54, 1.807) is 6.92 Å². The molecule has 0 aliphatic heterocycles. The summed E-state index contributed by atoms with van der Waals surface area (Å²) in [5.74, 6) is -0.592. The molecule has 0 heterocycles. The van der Waals surface area contributed by atoms with Crippen molar-refractivity contribution in [1.82, 2.24) is 0 Å². The Bertz CT molecular complexity index is 270. The molecule has 0 spiro atoms. The van der Waals surface area contributed by atoms with Gasteiger partial charge in [0.15, 0.2) is 5.41 Å². The van der Waals surface area contributed by atoms with Crippen molar-refractivity contribution in [3.8, 4) is 18.2 Å². The van der Waals surface area contributed by atoms with E-state index in [9.17, 15) is 0 Å². The lowest BCUT2D eigenvalue weighted by atomic mass is 9.77. The van der Waals surface area contributed by atoms with Gasteiger partial charge in [-0.05, 0) is 13.3 Å². The van der Waals surface area contributed by atoms with Gasteiger partial charge in [0, 0.05) is 0 Å². The van der Waals surface area contributed by atoms with Crippen LogP contribution in [0.2, 0.25) is 0 Å². The van der Waals surface area contributed by atoms with Gasteiger partial charge in [-0.2, -0.15) is 15.8 Å². The fraction of sp³-hybridized carbons (Fsp3) is 0.444. The molecule has 0 bridgehead atoms. The summed E-state index contributed by atoms with van der Waals surface area (Å²) in [5, 5.41) is 26.0. The molecule has 0 aliphatic carbocycles. The maximum absolute atomic E-state index is 8.74. The van der Waals surface area contributed by atoms with E-state index >= 15 is 0 Å². The van der Waals surface area contributed by atoms with Crippen LogP contribution in [-0.4, -0.2) is 0 Å². The van der Waals surface area contributed by atoms with Crippen LogP contribution in [0.1, 0.15) is 13.3 Å². The number of nitriles is 3. The lowest BCUT2D eigenvalue weighted by Crippen LogP contribution is -2.23. The van der Waals surface area contributed by atoms with Crippen molar-refractivity contribution in [2.75, 3.05) is 0 Å². The smallest absolute Gasteiger partial charge is 0.162 e. The Morgan fingerprint density at radius 1 is 1.42 bits per heavy atom. The van der Waals surface area contributed by atoms with Crippen LogP contribution in [0.3, 0.4) is 0 Å². The highest BCUT2D eigenvalue weighted by Crippen LogP contribution is 2.29. The zero-order valence-electron chi connectivity index (χ0n) is 6.91. The molecule has 0 saturated carbocycles. The van der Waals surface area contributed by atoms with Crippen LogP contribution in [-0.2, 0) is 0 Å². The van der Waals surface area contributed by atoms with Gasteiger partial charge in [0.1, 0.15) is 0 Å². The van der Waals surface area contributed by atoms with Crippen molar-refractivity contribution in [2.45, 2.75) is 13.3 Å². The average Bonchev–Trinajstić information content (AvgIpc) is 2.13. The molecule has 0 saturated heterocycles. The number of allylic oxidation sites excluding steroid dienone is 1. The molecule has 1 atom stereocenters. The van der Waals surface area contributed by atoms with E-state index in [4.69, 9.17) is 15.8 Å². The number of hydrogen-bond donors (Lipinski definition) is 0. The molecular formula is C9H9N3. The normalized spacial score (nSPS) is 11.8. The maximum atomic E-state index is 8.74. The molecule has 3 heteroatoms. The van der Waals surface area contributed by atoms with Crippen LogP contribution in [0.25, 0.3) is 0 Å². The van der Waals surface area contributed by atoms with Crippen LogP contribution >= 0.6 is 0 Å². The van der Waals surface area contributed by atoms with Crippen LogP contribution in [0.15, 0.2) is 12.7 Å². The quantitative estimate of drug-likeness (QED) is 0.589. The topological polar surface area (TPSA) is 71.4 Å². The van der Waals surface area contributed by atoms with Gasteiger partial charge in [-0.1, -0.05) is 6.08 Å². The molecule has 0 N–H and O–H groups in total. The third kappa shape index (κ3) is 1.62. The van der Waals surface area contributed by atoms with Crippen LogP contribution in [0, 0.1) is 45.3 Å². The van der Waals surface area contributed by atoms with E-state index in [1.807, 2.05) is 18.2 Å². The predicted octanol–water partition coefficient (Wildman–Crippen LogP) is 1.76. The van der Waals surface area contributed by atoms with Crippen molar-refractivity contribution in [2.24, 2.45) is 11.3 Å². The zero-order valence-corrected chi connectivity index (χ0v) is 6.91. The molecule has 0 aliphatic rings. The largest absolute Gasteiger partial charge is 0.198 e. The summed E-state index contributed by atoms with van der Waals surface area (Å²) in [6.45, 7) is 5.01. The zero-order chi connectivity index (χ0) is 9.61. The van der Waals surface area contributed by atoms with Crippen molar-refractivity contribution in [1.29, 1.82) is 15.8 Å². The van der Waals surface area contributed by atoms with Gasteiger partial charge in [0.25, 0.3) is 0 Å². The highest BCUT2D eigenvalue weighted by Gasteiger charge is 2.35. The van der Waals surface area contributed by atoms with E-state index in [0.29, 0.717) is 0 Å². The van der Waals surface area contributed by atoms with Crippen LogP contribution < -0.4 is 0 Å². The first kappa shape index (κ1) is 10.2. The molecule has 1 unspecified atom stereocenters. The van der Waals surface area contributed by atoms with Crippen molar-refractivity contribution in [3.63, 3.8) is 0 Å². The Morgan fingerprint density at radius 2 is 1.92 bits per heavy atom. The third-order valence-corrected chi connectivity index (χ3v) is 1.80. The first-order chi connectivity index (χ1) is 5.66. The molecule has 0 aromatic rings. The summed E-state index contributed by atoms with van der Waals surface area (Å²) in [6, 6.07) is 5.62. The monoisotopic (exact) mass is 159 g/mol. The molecule has 0 aromatic carbocycles. The minimum absolute atomic E-state index is 0.231. The Hall–Kier alpha value is -1.79. The average molecular weight is 159 g/mol. The highest BCUT2D eigenvalue weighted by molar-refractivity contribution is 5.21. The van der Waals surface area contributed by atoms with Gasteiger partial charge >= 0.3 is 0 Å². The highest BCUT2D eigenvalue weighted by atomic mass is 14.4. The third-order valence-electron chi connectivity index (χ3n) is 1.80. The van der Waals surface area contributed by atoms with Crippen molar-refractivity contribution >= 4 is 0 Å². The molecule has 60 valence electrons. The number of rotatable bonds is 3. The van der Waals surface area contributed by atoms with E-state index in [0.717, 1.165) is 0 Å². The second-order valence-corrected chi connectivity index (χ2v) is 2.54. The van der Waals surface area contributed by atoms with E-state index < -0.39 is 11.3 Å². The number of hydrogen-bond acceptors (Lipinski definition) is 3. The summed E-state index contributed by atoms with van der Waals surface area (Å²) in [4.78, 5) is 0. The predicted molar refractivity (Wildman–Crippen MR) is 43.3 cm³/mol. The summed E-state index contributed by atoms with van der Waals surface area (Å²) < 4.78 is 0. The first-order valence-electron chi connectivity index (χ1n) is 3.50. The first-order valence-corrected chi connectivity index (χ1v) is 3.50. The van der Waals surface area contributed by atoms with Gasteiger partial charge < -0.3 is 0 Å². The molecule has 0 fully saturated rings. The van der Waals surface area contributed by atoms with Gasteiger partial charge in [-0.3, -0.25) is 0 Å². The Kier molecular flexibility index (Phi) is 3.54. The molecule has 12 heavy (non-hydrogen) atoms. The van der Waals surface area contributed by atoms with Gasteiger partial charge in [-0.15, -0.1) is 6.58 Å². The van der Waals surface area contributed by atoms with E-state index in [2.05, 4.69) is 6.58 Å². The molecule has 0 aromatic heterocycles. The van der Waals surface area contributed by atoms with Gasteiger partial charge in [-0.25, -0.2) is 0 Å². The van der Waals surface area contributed by atoms with Gasteiger partial charge in [0.05, 0.1) is 24.1 Å². The summed E-state index contributed by atoms with van der Waals surface area (Å²) in [5.41, 5.74) is -1.23. The Labute approximate surface area is 72.1 Å². The SMILES string of the molecule is C=CCC(C#N)(C#N)C(C)C#N. The van der Waals surface area contributed by atoms with Crippen molar-refractivity contribution in [3.05, 3.63) is 12.7 Å². The lowest BCUT2D eigenvalue weighted by Gasteiger charge is -2.17. The fourth-order valence-electron chi connectivity index (χ4n) is 0.825. The van der Waals surface area contributed by atoms with Crippen LogP contribution in [0.4, 0.5) is 0 Å². The Balaban J connectivity index is 4.90. The molecule has 0 amide bonds. The molecule has 0 rings (SSSR count). The minimum Gasteiger partial charge on any atom is -0.198 e. The van der Waals surface area contributed by atoms with Crippen molar-refractivity contribution < 1.29 is 0 Å².